The van der Waals surface area contributed by atoms with E-state index in [1.54, 1.807) is 24.9 Å². The van der Waals surface area contributed by atoms with E-state index < -0.39 is 59.6 Å². The molecular weight excluding hydrogens is 828 g/mol. The molecule has 4 aromatic carbocycles. The van der Waals surface area contributed by atoms with Crippen molar-refractivity contribution in [3.63, 3.8) is 0 Å². The molecule has 4 atom stereocenters. The summed E-state index contributed by atoms with van der Waals surface area (Å²) in [6.45, 7) is 3.55. The van der Waals surface area contributed by atoms with E-state index in [0.717, 1.165) is 34.9 Å². The quantitative estimate of drug-likeness (QED) is 0.116. The first-order valence-corrected chi connectivity index (χ1v) is 21.6. The van der Waals surface area contributed by atoms with E-state index in [4.69, 9.17) is 23.9 Å². The third-order valence-electron chi connectivity index (χ3n) is 12.2. The maximum Gasteiger partial charge on any atom is 0.413 e. The minimum Gasteiger partial charge on any atom is -0.445 e. The highest BCUT2D eigenvalue weighted by molar-refractivity contribution is 5.87. The molecule has 8 rings (SSSR count). The minimum absolute atomic E-state index is 0.000214. The van der Waals surface area contributed by atoms with Crippen LogP contribution >= 0.6 is 0 Å². The van der Waals surface area contributed by atoms with E-state index in [2.05, 4.69) is 0 Å². The average Bonchev–Trinajstić information content (AvgIpc) is 4.00. The number of carbonyl (C=O) groups excluding carboxylic acids is 3. The highest BCUT2D eigenvalue weighted by Gasteiger charge is 2.52. The highest BCUT2D eigenvalue weighted by Crippen LogP contribution is 2.40. The number of likely N-dealkylation sites (tertiary alicyclic amines) is 1. The zero-order valence-corrected chi connectivity index (χ0v) is 35.9. The fraction of sp³-hybridized carbons (Fsp3) is 0.388. The van der Waals surface area contributed by atoms with Crippen LogP contribution in [0, 0.1) is 23.5 Å². The number of halogens is 3. The van der Waals surface area contributed by atoms with Crippen LogP contribution in [0.4, 0.5) is 22.8 Å². The lowest BCUT2D eigenvalue weighted by atomic mass is 9.88. The zero-order valence-electron chi connectivity index (χ0n) is 35.9. The molecule has 0 unspecified atom stereocenters. The number of ether oxygens (including phenoxy) is 4. The van der Waals surface area contributed by atoms with Crippen molar-refractivity contribution in [2.24, 2.45) is 11.8 Å². The second-order valence-corrected chi connectivity index (χ2v) is 17.0. The summed E-state index contributed by atoms with van der Waals surface area (Å²) in [4.78, 5) is 52.4. The van der Waals surface area contributed by atoms with Gasteiger partial charge in [0.25, 0.3) is 0 Å². The van der Waals surface area contributed by atoms with Gasteiger partial charge >= 0.3 is 12.2 Å². The van der Waals surface area contributed by atoms with Crippen LogP contribution in [-0.2, 0) is 43.5 Å². The van der Waals surface area contributed by atoms with Gasteiger partial charge in [-0.2, -0.15) is 0 Å². The Bertz CT molecular complexity index is 2380. The minimum atomic E-state index is -1.56. The van der Waals surface area contributed by atoms with Crippen LogP contribution in [0.5, 0.6) is 0 Å². The molecule has 0 saturated carbocycles. The number of benzene rings is 4. The highest BCUT2D eigenvalue weighted by atomic mass is 19.1. The van der Waals surface area contributed by atoms with Crippen LogP contribution < -0.4 is 0 Å². The molecule has 3 aliphatic heterocycles. The molecule has 4 heterocycles. The smallest absolute Gasteiger partial charge is 0.413 e. The van der Waals surface area contributed by atoms with Crippen molar-refractivity contribution >= 4 is 18.1 Å². The molecule has 64 heavy (non-hydrogen) atoms. The molecule has 0 spiro atoms. The molecule has 5 aromatic rings. The van der Waals surface area contributed by atoms with E-state index in [9.17, 15) is 14.0 Å². The SMILES string of the molecule is CC1(C)OC[C@@H](C(=O)N(C[C@@H]2CN(C(=O)OCc3ccccc3)C[C@@H]2F)[C@@H](c2nc(-c3cc(F)ccc3F)cn2Cc2ccccc2)C2CCOCC2)N1C(=O)OCc1ccccc1. The third kappa shape index (κ3) is 10.1. The molecule has 3 fully saturated rings. The maximum absolute atomic E-state index is 16.5. The number of hydrogen-bond donors (Lipinski definition) is 0. The first-order chi connectivity index (χ1) is 30.9. The Morgan fingerprint density at radius 3 is 2.08 bits per heavy atom. The van der Waals surface area contributed by atoms with Crippen molar-refractivity contribution in [2.45, 2.75) is 70.4 Å². The Labute approximate surface area is 370 Å². The Balaban J connectivity index is 1.20. The standard InChI is InChI=1S/C49H52F3N5O7/c1-49(2)57(48(60)63-31-35-16-10-5-11-17-35)43(32-64-49)46(58)56(27-37-26-55(28-41(37)52)47(59)62-30-34-14-8-4-9-15-34)44(36-20-22-61-23-21-36)45-53-42(39-24-38(50)18-19-40(39)51)29-54(45)25-33-12-6-3-7-13-33/h3-19,24,29,36-37,41,43-44H,20-23,25-28,30-32H2,1-2H3/t37-,41-,43-,44+/m0/s1. The van der Waals surface area contributed by atoms with Gasteiger partial charge in [0.05, 0.1) is 24.9 Å². The molecule has 3 amide bonds. The van der Waals surface area contributed by atoms with Crippen LogP contribution in [-0.4, -0.2) is 99.7 Å². The van der Waals surface area contributed by atoms with Crippen LogP contribution in [0.25, 0.3) is 11.3 Å². The molecule has 3 saturated heterocycles. The average molecular weight is 880 g/mol. The van der Waals surface area contributed by atoms with Crippen LogP contribution in [0.1, 0.15) is 55.2 Å². The van der Waals surface area contributed by atoms with E-state index in [1.165, 1.54) is 9.80 Å². The number of carbonyl (C=O) groups is 3. The summed E-state index contributed by atoms with van der Waals surface area (Å²) >= 11 is 0. The number of alkyl halides is 1. The van der Waals surface area contributed by atoms with Crippen LogP contribution in [0.2, 0.25) is 0 Å². The van der Waals surface area contributed by atoms with Crippen molar-refractivity contribution in [3.8, 4) is 11.3 Å². The lowest BCUT2D eigenvalue weighted by Gasteiger charge is -2.42. The summed E-state index contributed by atoms with van der Waals surface area (Å²) in [5, 5.41) is 0. The van der Waals surface area contributed by atoms with Gasteiger partial charge in [0.15, 0.2) is 0 Å². The fourth-order valence-electron chi connectivity index (χ4n) is 8.90. The van der Waals surface area contributed by atoms with Gasteiger partial charge in [0.2, 0.25) is 5.91 Å². The summed E-state index contributed by atoms with van der Waals surface area (Å²) in [7, 11) is 0. The van der Waals surface area contributed by atoms with Crippen LogP contribution in [0.3, 0.4) is 0 Å². The molecule has 12 nitrogen and oxygen atoms in total. The molecule has 3 aliphatic rings. The first-order valence-electron chi connectivity index (χ1n) is 21.6. The number of nitrogens with zero attached hydrogens (tertiary/aromatic N) is 5. The number of hydrogen-bond acceptors (Lipinski definition) is 8. The van der Waals surface area contributed by atoms with Gasteiger partial charge in [-0.15, -0.1) is 0 Å². The normalized spacial score (nSPS) is 20.2. The fourth-order valence-corrected chi connectivity index (χ4v) is 8.90. The Morgan fingerprint density at radius 2 is 1.44 bits per heavy atom. The van der Waals surface area contributed by atoms with E-state index >= 15 is 13.6 Å². The molecule has 336 valence electrons. The van der Waals surface area contributed by atoms with E-state index in [-0.39, 0.29) is 63.2 Å². The molecule has 0 N–H and O–H groups in total. The predicted molar refractivity (Wildman–Crippen MR) is 230 cm³/mol. The molecular formula is C49H52F3N5O7. The van der Waals surface area contributed by atoms with Gasteiger partial charge in [0, 0.05) is 50.5 Å². The van der Waals surface area contributed by atoms with Crippen molar-refractivity contribution < 1.29 is 46.5 Å². The second kappa shape index (κ2) is 19.7. The van der Waals surface area contributed by atoms with Gasteiger partial charge in [0.1, 0.15) is 48.6 Å². The summed E-state index contributed by atoms with van der Waals surface area (Å²) in [5.74, 6) is -2.75. The van der Waals surface area contributed by atoms with Gasteiger partial charge in [-0.25, -0.2) is 27.7 Å². The number of amides is 3. The van der Waals surface area contributed by atoms with Crippen molar-refractivity contribution in [1.82, 2.24) is 24.3 Å². The molecule has 1 aromatic heterocycles. The maximum atomic E-state index is 16.5. The Hall–Kier alpha value is -6.19. The van der Waals surface area contributed by atoms with E-state index in [1.807, 2.05) is 95.6 Å². The van der Waals surface area contributed by atoms with Crippen LogP contribution in [0.15, 0.2) is 115 Å². The van der Waals surface area contributed by atoms with Gasteiger partial charge < -0.3 is 33.3 Å². The Kier molecular flexibility index (Phi) is 13.7. The molecule has 0 radical (unpaired) electrons. The summed E-state index contributed by atoms with van der Waals surface area (Å²) in [6, 6.07) is 28.8. The zero-order chi connectivity index (χ0) is 44.8. The van der Waals surface area contributed by atoms with Gasteiger partial charge in [-0.05, 0) is 67.5 Å². The third-order valence-corrected chi connectivity index (χ3v) is 12.2. The number of imidazole rings is 1. The van der Waals surface area contributed by atoms with Crippen molar-refractivity contribution in [3.05, 3.63) is 150 Å². The van der Waals surface area contributed by atoms with Crippen molar-refractivity contribution in [2.75, 3.05) is 39.5 Å². The monoisotopic (exact) mass is 879 g/mol. The lowest BCUT2D eigenvalue weighted by Crippen LogP contribution is -2.56. The first kappa shape index (κ1) is 44.4. The summed E-state index contributed by atoms with van der Waals surface area (Å²) in [5.41, 5.74) is 1.18. The largest absolute Gasteiger partial charge is 0.445 e. The Morgan fingerprint density at radius 1 is 0.828 bits per heavy atom. The summed E-state index contributed by atoms with van der Waals surface area (Å²) in [6.07, 6.45) is -0.424. The molecule has 0 aliphatic carbocycles. The second-order valence-electron chi connectivity index (χ2n) is 17.0. The van der Waals surface area contributed by atoms with Gasteiger partial charge in [-0.1, -0.05) is 91.0 Å². The van der Waals surface area contributed by atoms with E-state index in [0.29, 0.717) is 31.9 Å². The predicted octanol–water partition coefficient (Wildman–Crippen LogP) is 8.55. The van der Waals surface area contributed by atoms with Crippen molar-refractivity contribution in [1.29, 1.82) is 0 Å². The summed E-state index contributed by atoms with van der Waals surface area (Å²) < 4.78 is 72.0. The lowest BCUT2D eigenvalue weighted by molar-refractivity contribution is -0.142. The molecule has 0 bridgehead atoms. The topological polar surface area (TPSA) is 116 Å². The molecule has 15 heteroatoms. The number of aromatic nitrogens is 2. The number of rotatable bonds is 13. The van der Waals surface area contributed by atoms with Gasteiger partial charge in [-0.3, -0.25) is 9.69 Å².